The number of para-hydroxylation sites is 1. The van der Waals surface area contributed by atoms with E-state index in [9.17, 15) is 19.5 Å². The van der Waals surface area contributed by atoms with Crippen LogP contribution in [0.1, 0.15) is 58.4 Å². The number of carbonyl (C=O) groups excluding carboxylic acids is 1. The summed E-state index contributed by atoms with van der Waals surface area (Å²) in [6.45, 7) is 1.71. The number of aryl methyl sites for hydroxylation is 1. The van der Waals surface area contributed by atoms with Crippen LogP contribution in [-0.2, 0) is 11.2 Å². The number of nitrogens with one attached hydrogen (secondary N) is 1. The SMILES string of the molecule is O=C(O)CCCNC(=O)c1cc(C(=O)O)ccc1OCCCc1cccc(OCCCCOc2ccccc2)c1. The van der Waals surface area contributed by atoms with E-state index in [2.05, 4.69) is 5.32 Å². The number of hydrogen-bond donors (Lipinski definition) is 3. The van der Waals surface area contributed by atoms with Crippen LogP contribution in [0, 0.1) is 0 Å². The van der Waals surface area contributed by atoms with E-state index in [0.29, 0.717) is 26.2 Å². The number of aromatic carboxylic acids is 1. The highest BCUT2D eigenvalue weighted by atomic mass is 16.5. The van der Waals surface area contributed by atoms with Gasteiger partial charge in [-0.05, 0) is 80.1 Å². The van der Waals surface area contributed by atoms with Gasteiger partial charge in [0.05, 0.1) is 30.9 Å². The van der Waals surface area contributed by atoms with E-state index in [-0.39, 0.29) is 36.3 Å². The van der Waals surface area contributed by atoms with E-state index in [4.69, 9.17) is 19.3 Å². The van der Waals surface area contributed by atoms with Crippen LogP contribution in [0.5, 0.6) is 17.2 Å². The Bertz CT molecular complexity index is 1250. The minimum absolute atomic E-state index is 0.0384. The zero-order valence-corrected chi connectivity index (χ0v) is 22.3. The molecule has 9 nitrogen and oxygen atoms in total. The molecule has 0 saturated carbocycles. The van der Waals surface area contributed by atoms with Gasteiger partial charge in [0.1, 0.15) is 17.2 Å². The summed E-state index contributed by atoms with van der Waals surface area (Å²) in [5.41, 5.74) is 1.15. The molecule has 0 spiro atoms. The molecule has 0 aliphatic rings. The first kappa shape index (κ1) is 30.0. The summed E-state index contributed by atoms with van der Waals surface area (Å²) in [5, 5.41) is 20.7. The number of carbonyl (C=O) groups is 3. The maximum absolute atomic E-state index is 12.6. The van der Waals surface area contributed by atoms with Crippen molar-refractivity contribution in [3.8, 4) is 17.2 Å². The van der Waals surface area contributed by atoms with Crippen LogP contribution >= 0.6 is 0 Å². The molecule has 40 heavy (non-hydrogen) atoms. The predicted molar refractivity (Wildman–Crippen MR) is 150 cm³/mol. The maximum atomic E-state index is 12.6. The molecule has 0 aliphatic carbocycles. The number of ether oxygens (including phenoxy) is 3. The minimum Gasteiger partial charge on any atom is -0.494 e. The van der Waals surface area contributed by atoms with Gasteiger partial charge in [0.15, 0.2) is 0 Å². The number of carboxylic acid groups (broad SMARTS) is 2. The van der Waals surface area contributed by atoms with E-state index < -0.39 is 17.8 Å². The number of hydrogen-bond acceptors (Lipinski definition) is 6. The number of amides is 1. The first-order valence-corrected chi connectivity index (χ1v) is 13.3. The van der Waals surface area contributed by atoms with Gasteiger partial charge in [-0.25, -0.2) is 4.79 Å². The Morgan fingerprint density at radius 2 is 1.40 bits per heavy atom. The van der Waals surface area contributed by atoms with Gasteiger partial charge in [-0.15, -0.1) is 0 Å². The predicted octanol–water partition coefficient (Wildman–Crippen LogP) is 5.23. The molecule has 0 bridgehead atoms. The molecule has 0 fully saturated rings. The van der Waals surface area contributed by atoms with Crippen molar-refractivity contribution in [1.29, 1.82) is 0 Å². The summed E-state index contributed by atoms with van der Waals surface area (Å²) in [6.07, 6.45) is 3.35. The molecule has 0 aromatic heterocycles. The van der Waals surface area contributed by atoms with Crippen LogP contribution in [-0.4, -0.2) is 54.4 Å². The van der Waals surface area contributed by atoms with Crippen molar-refractivity contribution < 1.29 is 38.8 Å². The van der Waals surface area contributed by atoms with Crippen molar-refractivity contribution in [2.45, 2.75) is 38.5 Å². The summed E-state index contributed by atoms with van der Waals surface area (Å²) in [7, 11) is 0. The fourth-order valence-electron chi connectivity index (χ4n) is 3.85. The van der Waals surface area contributed by atoms with Crippen LogP contribution in [0.25, 0.3) is 0 Å². The highest BCUT2D eigenvalue weighted by Gasteiger charge is 2.16. The molecule has 1 amide bonds. The van der Waals surface area contributed by atoms with Gasteiger partial charge in [0, 0.05) is 13.0 Å². The summed E-state index contributed by atoms with van der Waals surface area (Å²) in [4.78, 5) is 34.7. The average Bonchev–Trinajstić information content (AvgIpc) is 2.96. The smallest absolute Gasteiger partial charge is 0.335 e. The normalized spacial score (nSPS) is 10.5. The van der Waals surface area contributed by atoms with Crippen LogP contribution in [0.3, 0.4) is 0 Å². The minimum atomic E-state index is -1.16. The highest BCUT2D eigenvalue weighted by Crippen LogP contribution is 2.22. The van der Waals surface area contributed by atoms with Crippen LogP contribution in [0.15, 0.2) is 72.8 Å². The maximum Gasteiger partial charge on any atom is 0.335 e. The third-order valence-corrected chi connectivity index (χ3v) is 5.91. The van der Waals surface area contributed by atoms with Gasteiger partial charge in [0.2, 0.25) is 0 Å². The van der Waals surface area contributed by atoms with E-state index >= 15 is 0 Å². The Hall–Kier alpha value is -4.53. The monoisotopic (exact) mass is 549 g/mol. The lowest BCUT2D eigenvalue weighted by atomic mass is 10.1. The molecule has 0 unspecified atom stereocenters. The van der Waals surface area contributed by atoms with E-state index in [1.165, 1.54) is 18.2 Å². The lowest BCUT2D eigenvalue weighted by Gasteiger charge is -2.13. The first-order chi connectivity index (χ1) is 19.4. The van der Waals surface area contributed by atoms with Crippen molar-refractivity contribution in [3.05, 3.63) is 89.5 Å². The third kappa shape index (κ3) is 10.7. The summed E-state index contributed by atoms with van der Waals surface area (Å²) in [5.74, 6) is -0.686. The molecule has 0 heterocycles. The number of unbranched alkanes of at least 4 members (excludes halogenated alkanes) is 1. The van der Waals surface area contributed by atoms with Crippen LogP contribution in [0.2, 0.25) is 0 Å². The van der Waals surface area contributed by atoms with Crippen molar-refractivity contribution in [2.75, 3.05) is 26.4 Å². The zero-order valence-electron chi connectivity index (χ0n) is 22.3. The third-order valence-electron chi connectivity index (χ3n) is 5.91. The van der Waals surface area contributed by atoms with Crippen LogP contribution < -0.4 is 19.5 Å². The second kappa shape index (κ2) is 16.4. The molecule has 3 aromatic rings. The topological polar surface area (TPSA) is 131 Å². The lowest BCUT2D eigenvalue weighted by molar-refractivity contribution is -0.137. The molecule has 3 rings (SSSR count). The van der Waals surface area contributed by atoms with Crippen molar-refractivity contribution in [1.82, 2.24) is 5.32 Å². The highest BCUT2D eigenvalue weighted by molar-refractivity contribution is 5.99. The van der Waals surface area contributed by atoms with Gasteiger partial charge >= 0.3 is 11.9 Å². The van der Waals surface area contributed by atoms with E-state index in [1.807, 2.05) is 54.6 Å². The lowest BCUT2D eigenvalue weighted by Crippen LogP contribution is -2.26. The number of rotatable bonds is 18. The molecule has 9 heteroatoms. The summed E-state index contributed by atoms with van der Waals surface area (Å²) < 4.78 is 17.4. The molecule has 0 aliphatic heterocycles. The Balaban J connectivity index is 1.42. The van der Waals surface area contributed by atoms with Crippen molar-refractivity contribution in [2.24, 2.45) is 0 Å². The quantitative estimate of drug-likeness (QED) is 0.184. The number of aliphatic carboxylic acids is 1. The Morgan fingerprint density at radius 3 is 2.12 bits per heavy atom. The molecule has 0 radical (unpaired) electrons. The van der Waals surface area contributed by atoms with Gasteiger partial charge in [0.25, 0.3) is 5.91 Å². The van der Waals surface area contributed by atoms with Crippen molar-refractivity contribution >= 4 is 17.8 Å². The fraction of sp³-hybridized carbons (Fsp3) is 0.323. The summed E-state index contributed by atoms with van der Waals surface area (Å²) >= 11 is 0. The van der Waals surface area contributed by atoms with Gasteiger partial charge in [-0.1, -0.05) is 30.3 Å². The molecular weight excluding hydrogens is 514 g/mol. The largest absolute Gasteiger partial charge is 0.494 e. The van der Waals surface area contributed by atoms with E-state index in [0.717, 1.165) is 36.3 Å². The molecule has 212 valence electrons. The summed E-state index contributed by atoms with van der Waals surface area (Å²) in [6, 6.07) is 21.7. The molecule has 3 aromatic carbocycles. The van der Waals surface area contributed by atoms with Crippen LogP contribution in [0.4, 0.5) is 0 Å². The van der Waals surface area contributed by atoms with Gasteiger partial charge in [-0.3, -0.25) is 9.59 Å². The number of carboxylic acids is 2. The van der Waals surface area contributed by atoms with Gasteiger partial charge in [-0.2, -0.15) is 0 Å². The fourth-order valence-corrected chi connectivity index (χ4v) is 3.85. The Labute approximate surface area is 233 Å². The van der Waals surface area contributed by atoms with Crippen molar-refractivity contribution in [3.63, 3.8) is 0 Å². The van der Waals surface area contributed by atoms with E-state index in [1.54, 1.807) is 0 Å². The standard InChI is InChI=1S/C31H35NO8/c33-29(34)14-7-17-32-30(35)27-22-24(31(36)37)15-16-28(27)40-20-8-10-23-9-6-13-26(21-23)39-19-5-4-18-38-25-11-2-1-3-12-25/h1-3,6,9,11-13,15-16,21-22H,4-5,7-8,10,14,17-20H2,(H,32,35)(H,33,34)(H,36,37). The Morgan fingerprint density at radius 1 is 0.700 bits per heavy atom. The zero-order chi connectivity index (χ0) is 28.6. The molecule has 0 atom stereocenters. The average molecular weight is 550 g/mol. The van der Waals surface area contributed by atoms with Gasteiger partial charge < -0.3 is 29.7 Å². The second-order valence-corrected chi connectivity index (χ2v) is 9.09. The molecule has 0 saturated heterocycles. The second-order valence-electron chi connectivity index (χ2n) is 9.09. The number of benzene rings is 3. The first-order valence-electron chi connectivity index (χ1n) is 13.3. The molecular formula is C31H35NO8. The Kier molecular flexibility index (Phi) is 12.3. The molecule has 3 N–H and O–H groups in total.